The van der Waals surface area contributed by atoms with E-state index >= 15 is 0 Å². The first-order valence-electron chi connectivity index (χ1n) is 9.41. The summed E-state index contributed by atoms with van der Waals surface area (Å²) < 4.78 is 0. The van der Waals surface area contributed by atoms with Gasteiger partial charge in [0.05, 0.1) is 0 Å². The molecule has 0 bridgehead atoms. The van der Waals surface area contributed by atoms with Crippen molar-refractivity contribution in [1.82, 2.24) is 5.32 Å². The molecule has 0 radical (unpaired) electrons. The largest absolute Gasteiger partial charge is 0.352 e. The first-order valence-corrected chi connectivity index (χ1v) is 9.79. The molecule has 0 saturated heterocycles. The maximum atomic E-state index is 12.5. The lowest BCUT2D eigenvalue weighted by molar-refractivity contribution is -0.128. The predicted octanol–water partition coefficient (Wildman–Crippen LogP) is 4.71. The van der Waals surface area contributed by atoms with E-state index in [2.05, 4.69) is 10.6 Å². The van der Waals surface area contributed by atoms with Gasteiger partial charge in [0, 0.05) is 29.1 Å². The second-order valence-electron chi connectivity index (χ2n) is 7.25. The standard InChI is InChI=1S/C22H25ClN2O2/c1-15-3-2-4-20(13-15)25-22(27)18-9-7-17(8-10-18)21(26)24-14-16-5-11-19(23)12-6-16/h2-6,11-13,17-18H,7-10,14H2,1H3,(H,24,26)(H,25,27). The molecular formula is C22H25ClN2O2. The van der Waals surface area contributed by atoms with Crippen LogP contribution >= 0.6 is 11.6 Å². The Labute approximate surface area is 165 Å². The van der Waals surface area contributed by atoms with E-state index < -0.39 is 0 Å². The highest BCUT2D eigenvalue weighted by Gasteiger charge is 2.29. The van der Waals surface area contributed by atoms with Gasteiger partial charge in [-0.15, -0.1) is 0 Å². The molecule has 4 nitrogen and oxygen atoms in total. The van der Waals surface area contributed by atoms with E-state index in [1.165, 1.54) is 0 Å². The zero-order chi connectivity index (χ0) is 19.2. The van der Waals surface area contributed by atoms with Crippen molar-refractivity contribution in [3.8, 4) is 0 Å². The Balaban J connectivity index is 1.44. The summed E-state index contributed by atoms with van der Waals surface area (Å²) in [7, 11) is 0. The maximum absolute atomic E-state index is 12.5. The van der Waals surface area contributed by atoms with Gasteiger partial charge in [-0.3, -0.25) is 9.59 Å². The van der Waals surface area contributed by atoms with Crippen molar-refractivity contribution >= 4 is 29.1 Å². The van der Waals surface area contributed by atoms with E-state index in [1.807, 2.05) is 55.5 Å². The second kappa shape index (κ2) is 9.05. The van der Waals surface area contributed by atoms with Crippen LogP contribution in [-0.2, 0) is 16.1 Å². The molecule has 5 heteroatoms. The number of hydrogen-bond acceptors (Lipinski definition) is 2. The molecule has 1 fully saturated rings. The van der Waals surface area contributed by atoms with Gasteiger partial charge in [-0.05, 0) is 68.0 Å². The third kappa shape index (κ3) is 5.57. The number of anilines is 1. The SMILES string of the molecule is Cc1cccc(NC(=O)C2CCC(C(=O)NCc3ccc(Cl)cc3)CC2)c1. The molecule has 27 heavy (non-hydrogen) atoms. The lowest BCUT2D eigenvalue weighted by Gasteiger charge is -2.27. The van der Waals surface area contributed by atoms with Gasteiger partial charge in [-0.1, -0.05) is 35.9 Å². The first-order chi connectivity index (χ1) is 13.0. The van der Waals surface area contributed by atoms with Crippen LogP contribution in [-0.4, -0.2) is 11.8 Å². The Kier molecular flexibility index (Phi) is 6.51. The number of nitrogens with one attached hydrogen (secondary N) is 2. The van der Waals surface area contributed by atoms with Crippen molar-refractivity contribution in [3.05, 3.63) is 64.7 Å². The van der Waals surface area contributed by atoms with Crippen LogP contribution in [0.2, 0.25) is 5.02 Å². The number of amides is 2. The van der Waals surface area contributed by atoms with E-state index in [-0.39, 0.29) is 23.7 Å². The van der Waals surface area contributed by atoms with Gasteiger partial charge < -0.3 is 10.6 Å². The zero-order valence-electron chi connectivity index (χ0n) is 15.5. The third-order valence-corrected chi connectivity index (χ3v) is 5.39. The summed E-state index contributed by atoms with van der Waals surface area (Å²) in [4.78, 5) is 24.9. The molecule has 0 aliphatic heterocycles. The summed E-state index contributed by atoms with van der Waals surface area (Å²) in [6.45, 7) is 2.51. The average molecular weight is 385 g/mol. The Bertz CT molecular complexity index is 796. The number of benzene rings is 2. The molecule has 2 N–H and O–H groups in total. The predicted molar refractivity (Wildman–Crippen MR) is 109 cm³/mol. The third-order valence-electron chi connectivity index (χ3n) is 5.13. The molecule has 3 rings (SSSR count). The van der Waals surface area contributed by atoms with Crippen LogP contribution in [0.4, 0.5) is 5.69 Å². The van der Waals surface area contributed by atoms with E-state index in [4.69, 9.17) is 11.6 Å². The van der Waals surface area contributed by atoms with E-state index in [9.17, 15) is 9.59 Å². The molecule has 0 aromatic heterocycles. The topological polar surface area (TPSA) is 58.2 Å². The molecule has 142 valence electrons. The minimum Gasteiger partial charge on any atom is -0.352 e. The van der Waals surface area contributed by atoms with Crippen LogP contribution in [0.15, 0.2) is 48.5 Å². The Hall–Kier alpha value is -2.33. The van der Waals surface area contributed by atoms with Crippen LogP contribution in [0.5, 0.6) is 0 Å². The van der Waals surface area contributed by atoms with Gasteiger partial charge in [0.15, 0.2) is 0 Å². The number of carbonyl (C=O) groups excluding carboxylic acids is 2. The van der Waals surface area contributed by atoms with Gasteiger partial charge in [0.25, 0.3) is 0 Å². The highest BCUT2D eigenvalue weighted by Crippen LogP contribution is 2.30. The molecule has 0 heterocycles. The molecule has 2 amide bonds. The number of rotatable bonds is 5. The maximum Gasteiger partial charge on any atom is 0.227 e. The molecule has 0 atom stereocenters. The molecule has 2 aromatic carbocycles. The molecule has 1 saturated carbocycles. The Morgan fingerprint density at radius 1 is 0.963 bits per heavy atom. The van der Waals surface area contributed by atoms with Gasteiger partial charge >= 0.3 is 0 Å². The minimum absolute atomic E-state index is 0.0136. The fraction of sp³-hybridized carbons (Fsp3) is 0.364. The van der Waals surface area contributed by atoms with E-state index in [0.717, 1.165) is 42.5 Å². The first kappa shape index (κ1) is 19.4. The number of halogens is 1. The molecule has 1 aliphatic carbocycles. The van der Waals surface area contributed by atoms with E-state index in [1.54, 1.807) is 0 Å². The fourth-order valence-electron chi connectivity index (χ4n) is 3.52. The number of carbonyl (C=O) groups is 2. The van der Waals surface area contributed by atoms with Crippen molar-refractivity contribution < 1.29 is 9.59 Å². The van der Waals surface area contributed by atoms with Gasteiger partial charge in [0.2, 0.25) is 11.8 Å². The summed E-state index contributed by atoms with van der Waals surface area (Å²) in [5, 5.41) is 6.68. The second-order valence-corrected chi connectivity index (χ2v) is 7.69. The zero-order valence-corrected chi connectivity index (χ0v) is 16.3. The van der Waals surface area contributed by atoms with Crippen LogP contribution in [0, 0.1) is 18.8 Å². The van der Waals surface area contributed by atoms with Crippen molar-refractivity contribution in [3.63, 3.8) is 0 Å². The monoisotopic (exact) mass is 384 g/mol. The van der Waals surface area contributed by atoms with Crippen LogP contribution in [0.1, 0.15) is 36.8 Å². The molecule has 0 unspecified atom stereocenters. The summed E-state index contributed by atoms with van der Waals surface area (Å²) in [6.07, 6.45) is 2.99. The molecule has 2 aromatic rings. The van der Waals surface area contributed by atoms with Crippen LogP contribution in [0.25, 0.3) is 0 Å². The number of aryl methyl sites for hydroxylation is 1. The minimum atomic E-state index is -0.0224. The smallest absolute Gasteiger partial charge is 0.227 e. The molecule has 0 spiro atoms. The van der Waals surface area contributed by atoms with Crippen molar-refractivity contribution in [2.75, 3.05) is 5.32 Å². The summed E-state index contributed by atoms with van der Waals surface area (Å²) in [5.74, 6) is 0.0919. The van der Waals surface area contributed by atoms with Gasteiger partial charge in [-0.25, -0.2) is 0 Å². The van der Waals surface area contributed by atoms with Crippen LogP contribution in [0.3, 0.4) is 0 Å². The summed E-state index contributed by atoms with van der Waals surface area (Å²) in [5.41, 5.74) is 2.98. The van der Waals surface area contributed by atoms with Crippen molar-refractivity contribution in [1.29, 1.82) is 0 Å². The summed E-state index contributed by atoms with van der Waals surface area (Å²) in [6, 6.07) is 15.3. The highest BCUT2D eigenvalue weighted by molar-refractivity contribution is 6.30. The van der Waals surface area contributed by atoms with E-state index in [0.29, 0.717) is 11.6 Å². The molecule has 1 aliphatic rings. The van der Waals surface area contributed by atoms with Gasteiger partial charge in [0.1, 0.15) is 0 Å². The average Bonchev–Trinajstić information content (AvgIpc) is 2.67. The fourth-order valence-corrected chi connectivity index (χ4v) is 3.65. The van der Waals surface area contributed by atoms with Crippen molar-refractivity contribution in [2.45, 2.75) is 39.2 Å². The summed E-state index contributed by atoms with van der Waals surface area (Å²) >= 11 is 5.87. The lowest BCUT2D eigenvalue weighted by Crippen LogP contribution is -2.35. The quantitative estimate of drug-likeness (QED) is 0.784. The normalized spacial score (nSPS) is 19.3. The molecular weight excluding hydrogens is 360 g/mol. The number of hydrogen-bond donors (Lipinski definition) is 2. The Morgan fingerprint density at radius 2 is 1.59 bits per heavy atom. The van der Waals surface area contributed by atoms with Crippen molar-refractivity contribution in [2.24, 2.45) is 11.8 Å². The van der Waals surface area contributed by atoms with Crippen LogP contribution < -0.4 is 10.6 Å². The van der Waals surface area contributed by atoms with Gasteiger partial charge in [-0.2, -0.15) is 0 Å². The Morgan fingerprint density at radius 3 is 2.22 bits per heavy atom. The highest BCUT2D eigenvalue weighted by atomic mass is 35.5. The lowest BCUT2D eigenvalue weighted by atomic mass is 9.81.